The Bertz CT molecular complexity index is 692. The Morgan fingerprint density at radius 3 is 2.82 bits per heavy atom. The van der Waals surface area contributed by atoms with Crippen LogP contribution in [0.3, 0.4) is 0 Å². The van der Waals surface area contributed by atoms with Crippen molar-refractivity contribution in [2.45, 2.75) is 4.90 Å². The van der Waals surface area contributed by atoms with Crippen LogP contribution in [0.2, 0.25) is 0 Å². The van der Waals surface area contributed by atoms with Gasteiger partial charge in [0, 0.05) is 11.1 Å². The van der Waals surface area contributed by atoms with E-state index in [9.17, 15) is 9.59 Å². The van der Waals surface area contributed by atoms with Crippen molar-refractivity contribution in [2.75, 3.05) is 17.7 Å². The quantitative estimate of drug-likeness (QED) is 0.630. The number of para-hydroxylation sites is 1. The SMILES string of the molecule is N#CCSc1ccccc1NC(=O)COC(=O)c1ccc[nH]1. The zero-order chi connectivity index (χ0) is 15.8. The molecule has 0 spiro atoms. The second kappa shape index (κ2) is 7.90. The number of carbonyl (C=O) groups excluding carboxylic acids is 2. The summed E-state index contributed by atoms with van der Waals surface area (Å²) in [6.07, 6.45) is 1.60. The molecule has 2 N–H and O–H groups in total. The number of hydrogen-bond acceptors (Lipinski definition) is 5. The summed E-state index contributed by atoms with van der Waals surface area (Å²) >= 11 is 1.32. The van der Waals surface area contributed by atoms with Crippen LogP contribution in [0.15, 0.2) is 47.5 Å². The number of benzene rings is 1. The maximum Gasteiger partial charge on any atom is 0.355 e. The Morgan fingerprint density at radius 1 is 1.27 bits per heavy atom. The average molecular weight is 315 g/mol. The third-order valence-electron chi connectivity index (χ3n) is 2.61. The highest BCUT2D eigenvalue weighted by Crippen LogP contribution is 2.26. The van der Waals surface area contributed by atoms with Gasteiger partial charge in [-0.25, -0.2) is 4.79 Å². The molecular formula is C15H13N3O3S. The Kier molecular flexibility index (Phi) is 5.63. The Labute approximate surface area is 131 Å². The topological polar surface area (TPSA) is 95.0 Å². The van der Waals surface area contributed by atoms with E-state index >= 15 is 0 Å². The van der Waals surface area contributed by atoms with E-state index in [0.29, 0.717) is 5.69 Å². The van der Waals surface area contributed by atoms with E-state index in [1.54, 1.807) is 30.5 Å². The summed E-state index contributed by atoms with van der Waals surface area (Å²) in [5.41, 5.74) is 0.876. The van der Waals surface area contributed by atoms with Crippen LogP contribution in [0.4, 0.5) is 5.69 Å². The summed E-state index contributed by atoms with van der Waals surface area (Å²) in [7, 11) is 0. The fraction of sp³-hybridized carbons (Fsp3) is 0.133. The van der Waals surface area contributed by atoms with Crippen LogP contribution in [0.25, 0.3) is 0 Å². The van der Waals surface area contributed by atoms with Gasteiger partial charge in [-0.3, -0.25) is 4.79 Å². The number of hydrogen-bond donors (Lipinski definition) is 2. The number of anilines is 1. The van der Waals surface area contributed by atoms with Crippen LogP contribution in [0.5, 0.6) is 0 Å². The minimum atomic E-state index is -0.590. The molecule has 1 aromatic heterocycles. The summed E-state index contributed by atoms with van der Waals surface area (Å²) in [5, 5.41) is 11.3. The van der Waals surface area contributed by atoms with Crippen LogP contribution in [-0.4, -0.2) is 29.2 Å². The van der Waals surface area contributed by atoms with Crippen LogP contribution in [-0.2, 0) is 9.53 Å². The minimum Gasteiger partial charge on any atom is -0.451 e. The lowest BCUT2D eigenvalue weighted by Crippen LogP contribution is -2.21. The van der Waals surface area contributed by atoms with Crippen LogP contribution < -0.4 is 5.32 Å². The molecule has 0 radical (unpaired) electrons. The number of rotatable bonds is 6. The molecule has 22 heavy (non-hydrogen) atoms. The lowest BCUT2D eigenvalue weighted by Gasteiger charge is -2.09. The van der Waals surface area contributed by atoms with Gasteiger partial charge in [-0.05, 0) is 24.3 Å². The van der Waals surface area contributed by atoms with Gasteiger partial charge in [0.25, 0.3) is 5.91 Å². The van der Waals surface area contributed by atoms with Crippen LogP contribution in [0.1, 0.15) is 10.5 Å². The zero-order valence-electron chi connectivity index (χ0n) is 11.5. The van der Waals surface area contributed by atoms with E-state index in [1.165, 1.54) is 11.8 Å². The average Bonchev–Trinajstić information content (AvgIpc) is 3.06. The predicted octanol–water partition coefficient (Wildman–Crippen LogP) is 2.43. The maximum atomic E-state index is 11.8. The largest absolute Gasteiger partial charge is 0.451 e. The lowest BCUT2D eigenvalue weighted by molar-refractivity contribution is -0.119. The summed E-state index contributed by atoms with van der Waals surface area (Å²) in [5.74, 6) is -0.744. The van der Waals surface area contributed by atoms with Crippen molar-refractivity contribution < 1.29 is 14.3 Å². The Hall–Kier alpha value is -2.72. The number of aromatic amines is 1. The molecule has 1 amide bonds. The molecule has 0 aliphatic rings. The van der Waals surface area contributed by atoms with Crippen molar-refractivity contribution >= 4 is 29.3 Å². The summed E-state index contributed by atoms with van der Waals surface area (Å²) in [6.45, 7) is -0.380. The number of esters is 1. The van der Waals surface area contributed by atoms with Gasteiger partial charge in [0.1, 0.15) is 5.69 Å². The lowest BCUT2D eigenvalue weighted by atomic mass is 10.3. The van der Waals surface area contributed by atoms with Crippen molar-refractivity contribution in [1.82, 2.24) is 4.98 Å². The van der Waals surface area contributed by atoms with Crippen molar-refractivity contribution in [3.05, 3.63) is 48.3 Å². The molecule has 0 fully saturated rings. The molecule has 0 unspecified atom stereocenters. The van der Waals surface area contributed by atoms with E-state index in [4.69, 9.17) is 10.00 Å². The van der Waals surface area contributed by atoms with E-state index in [2.05, 4.69) is 10.3 Å². The summed E-state index contributed by atoms with van der Waals surface area (Å²) < 4.78 is 4.90. The highest BCUT2D eigenvalue weighted by molar-refractivity contribution is 7.99. The van der Waals surface area contributed by atoms with Crippen molar-refractivity contribution in [3.8, 4) is 6.07 Å². The number of aromatic nitrogens is 1. The second-order valence-electron chi connectivity index (χ2n) is 4.15. The zero-order valence-corrected chi connectivity index (χ0v) is 12.4. The number of nitrogens with zero attached hydrogens (tertiary/aromatic N) is 1. The van der Waals surface area contributed by atoms with Gasteiger partial charge in [0.05, 0.1) is 17.5 Å². The standard InChI is InChI=1S/C15H13N3O3S/c16-7-9-22-13-6-2-1-4-11(13)18-14(19)10-21-15(20)12-5-3-8-17-12/h1-6,8,17H,9-10H2,(H,18,19). The Balaban J connectivity index is 1.89. The fourth-order valence-corrected chi connectivity index (χ4v) is 2.33. The molecule has 0 bridgehead atoms. The third-order valence-corrected chi connectivity index (χ3v) is 3.55. The maximum absolute atomic E-state index is 11.8. The van der Waals surface area contributed by atoms with Gasteiger partial charge in [0.15, 0.2) is 6.61 Å². The van der Waals surface area contributed by atoms with Crippen molar-refractivity contribution in [2.24, 2.45) is 0 Å². The van der Waals surface area contributed by atoms with Gasteiger partial charge < -0.3 is 15.0 Å². The van der Waals surface area contributed by atoms with E-state index in [1.807, 2.05) is 18.2 Å². The molecule has 2 rings (SSSR count). The summed E-state index contributed by atoms with van der Waals surface area (Å²) in [6, 6.07) is 12.4. The van der Waals surface area contributed by atoms with Crippen LogP contribution >= 0.6 is 11.8 Å². The molecule has 0 saturated heterocycles. The van der Waals surface area contributed by atoms with E-state index in [-0.39, 0.29) is 18.1 Å². The van der Waals surface area contributed by atoms with Gasteiger partial charge in [-0.15, -0.1) is 11.8 Å². The van der Waals surface area contributed by atoms with Gasteiger partial charge in [0.2, 0.25) is 0 Å². The number of thioether (sulfide) groups is 1. The van der Waals surface area contributed by atoms with Gasteiger partial charge in [-0.2, -0.15) is 5.26 Å². The molecule has 1 aromatic carbocycles. The monoisotopic (exact) mass is 315 g/mol. The number of carbonyl (C=O) groups is 2. The molecule has 7 heteroatoms. The van der Waals surface area contributed by atoms with Crippen molar-refractivity contribution in [3.63, 3.8) is 0 Å². The smallest absolute Gasteiger partial charge is 0.355 e. The molecule has 0 saturated carbocycles. The van der Waals surface area contributed by atoms with E-state index < -0.39 is 11.9 Å². The molecule has 6 nitrogen and oxygen atoms in total. The number of ether oxygens (including phenoxy) is 1. The molecule has 0 aliphatic heterocycles. The summed E-state index contributed by atoms with van der Waals surface area (Å²) in [4.78, 5) is 26.9. The molecule has 0 atom stereocenters. The first kappa shape index (κ1) is 15.7. The number of nitriles is 1. The number of amides is 1. The first-order chi connectivity index (χ1) is 10.7. The number of nitrogens with one attached hydrogen (secondary N) is 2. The molecule has 112 valence electrons. The first-order valence-electron chi connectivity index (χ1n) is 6.40. The second-order valence-corrected chi connectivity index (χ2v) is 5.17. The molecular weight excluding hydrogens is 302 g/mol. The van der Waals surface area contributed by atoms with Crippen LogP contribution in [0, 0.1) is 11.3 Å². The molecule has 1 heterocycles. The highest BCUT2D eigenvalue weighted by Gasteiger charge is 2.12. The molecule has 2 aromatic rings. The fourth-order valence-electron chi connectivity index (χ4n) is 1.66. The van der Waals surface area contributed by atoms with E-state index in [0.717, 1.165) is 4.90 Å². The Morgan fingerprint density at radius 2 is 2.09 bits per heavy atom. The third kappa shape index (κ3) is 4.40. The normalized spacial score (nSPS) is 9.77. The molecule has 0 aliphatic carbocycles. The minimum absolute atomic E-state index is 0.286. The number of H-pyrrole nitrogens is 1. The van der Waals surface area contributed by atoms with Crippen molar-refractivity contribution in [1.29, 1.82) is 5.26 Å². The first-order valence-corrected chi connectivity index (χ1v) is 7.38. The highest BCUT2D eigenvalue weighted by atomic mass is 32.2. The van der Waals surface area contributed by atoms with Gasteiger partial charge >= 0.3 is 5.97 Å². The van der Waals surface area contributed by atoms with Gasteiger partial charge in [-0.1, -0.05) is 12.1 Å². The predicted molar refractivity (Wildman–Crippen MR) is 82.5 cm³/mol.